The van der Waals surface area contributed by atoms with Gasteiger partial charge in [-0.15, -0.1) is 11.3 Å². The molecule has 3 amide bonds. The molecule has 0 aromatic carbocycles. The molecular formula is C15H17N5O3S. The Morgan fingerprint density at radius 1 is 1.25 bits per heavy atom. The van der Waals surface area contributed by atoms with Gasteiger partial charge in [0.15, 0.2) is 0 Å². The van der Waals surface area contributed by atoms with Gasteiger partial charge in [0.05, 0.1) is 18.8 Å². The van der Waals surface area contributed by atoms with Gasteiger partial charge in [-0.1, -0.05) is 0 Å². The number of nitrogens with one attached hydrogen (secondary N) is 1. The van der Waals surface area contributed by atoms with Crippen LogP contribution < -0.4 is 21.7 Å². The topological polar surface area (TPSA) is 124 Å². The van der Waals surface area contributed by atoms with Crippen LogP contribution in [0.3, 0.4) is 0 Å². The molecule has 1 aliphatic heterocycles. The van der Waals surface area contributed by atoms with E-state index >= 15 is 0 Å². The molecule has 3 heterocycles. The molecule has 5 N–H and O–H groups in total. The summed E-state index contributed by atoms with van der Waals surface area (Å²) in [6.45, 7) is 3.00. The predicted octanol–water partition coefficient (Wildman–Crippen LogP) is 1.24. The number of amides is 3. The molecule has 0 unspecified atom stereocenters. The third-order valence-electron chi connectivity index (χ3n) is 3.60. The Hall–Kier alpha value is -2.65. The minimum Gasteiger partial charge on any atom is -0.378 e. The number of ether oxygens (including phenoxy) is 1. The molecule has 1 fully saturated rings. The van der Waals surface area contributed by atoms with Crippen molar-refractivity contribution in [3.05, 3.63) is 30.0 Å². The average molecular weight is 347 g/mol. The standard InChI is InChI=1S/C15H17N5O3S/c16-13(21)10-7-11(24-14(10)19-15(17)22)9-1-2-12(18-8-9)20-3-5-23-6-4-20/h1-2,7-8H,3-6H2,(H2,16,21)(H3,17,19,22). The van der Waals surface area contributed by atoms with Crippen molar-refractivity contribution in [1.29, 1.82) is 0 Å². The molecule has 0 saturated carbocycles. The molecule has 0 spiro atoms. The fraction of sp³-hybridized carbons (Fsp3) is 0.267. The Morgan fingerprint density at radius 2 is 2.00 bits per heavy atom. The first-order chi connectivity index (χ1) is 11.5. The fourth-order valence-electron chi connectivity index (χ4n) is 2.43. The molecule has 8 nitrogen and oxygen atoms in total. The number of urea groups is 1. The lowest BCUT2D eigenvalue weighted by Crippen LogP contribution is -2.36. The van der Waals surface area contributed by atoms with Gasteiger partial charge < -0.3 is 21.1 Å². The maximum Gasteiger partial charge on any atom is 0.317 e. The van der Waals surface area contributed by atoms with Crippen molar-refractivity contribution in [2.24, 2.45) is 11.5 Å². The Balaban J connectivity index is 1.85. The van der Waals surface area contributed by atoms with E-state index in [1.54, 1.807) is 12.3 Å². The van der Waals surface area contributed by atoms with Gasteiger partial charge in [-0.05, 0) is 18.2 Å². The van der Waals surface area contributed by atoms with Crippen LogP contribution in [0.4, 0.5) is 15.6 Å². The summed E-state index contributed by atoms with van der Waals surface area (Å²) in [6, 6.07) is 4.73. The number of carbonyl (C=O) groups excluding carboxylic acids is 2. The summed E-state index contributed by atoms with van der Waals surface area (Å²) in [4.78, 5) is 30.0. The number of hydrogen-bond donors (Lipinski definition) is 3. The first kappa shape index (κ1) is 16.2. The maximum atomic E-state index is 11.5. The number of pyridine rings is 1. The zero-order chi connectivity index (χ0) is 17.1. The first-order valence-electron chi connectivity index (χ1n) is 7.34. The van der Waals surface area contributed by atoms with Crippen molar-refractivity contribution >= 4 is 34.1 Å². The summed E-state index contributed by atoms with van der Waals surface area (Å²) in [5.41, 5.74) is 11.5. The summed E-state index contributed by atoms with van der Waals surface area (Å²) in [7, 11) is 0. The zero-order valence-corrected chi connectivity index (χ0v) is 13.6. The van der Waals surface area contributed by atoms with E-state index in [9.17, 15) is 9.59 Å². The zero-order valence-electron chi connectivity index (χ0n) is 12.8. The van der Waals surface area contributed by atoms with Crippen molar-refractivity contribution in [2.75, 3.05) is 36.5 Å². The maximum absolute atomic E-state index is 11.5. The quantitative estimate of drug-likeness (QED) is 0.767. The van der Waals surface area contributed by atoms with Crippen molar-refractivity contribution in [3.8, 4) is 10.4 Å². The number of nitrogens with zero attached hydrogens (tertiary/aromatic N) is 2. The number of rotatable bonds is 4. The molecule has 0 aliphatic carbocycles. The average Bonchev–Trinajstić information content (AvgIpc) is 2.99. The Kier molecular flexibility index (Phi) is 4.63. The second kappa shape index (κ2) is 6.85. The molecule has 24 heavy (non-hydrogen) atoms. The van der Waals surface area contributed by atoms with Crippen molar-refractivity contribution < 1.29 is 14.3 Å². The number of carbonyl (C=O) groups is 2. The lowest BCUT2D eigenvalue weighted by Gasteiger charge is -2.27. The van der Waals surface area contributed by atoms with E-state index in [1.807, 2.05) is 12.1 Å². The van der Waals surface area contributed by atoms with Crippen LogP contribution in [-0.2, 0) is 4.74 Å². The first-order valence-corrected chi connectivity index (χ1v) is 8.15. The van der Waals surface area contributed by atoms with Crippen LogP contribution in [0.25, 0.3) is 10.4 Å². The monoisotopic (exact) mass is 347 g/mol. The van der Waals surface area contributed by atoms with E-state index in [0.29, 0.717) is 18.2 Å². The fourth-order valence-corrected chi connectivity index (χ4v) is 3.49. The van der Waals surface area contributed by atoms with Crippen LogP contribution in [0.15, 0.2) is 24.4 Å². The van der Waals surface area contributed by atoms with Gasteiger partial charge in [-0.3, -0.25) is 10.1 Å². The van der Waals surface area contributed by atoms with Gasteiger partial charge in [-0.2, -0.15) is 0 Å². The number of morpholine rings is 1. The highest BCUT2D eigenvalue weighted by atomic mass is 32.1. The van der Waals surface area contributed by atoms with Crippen LogP contribution in [-0.4, -0.2) is 43.2 Å². The van der Waals surface area contributed by atoms with Gasteiger partial charge in [0.25, 0.3) is 5.91 Å². The lowest BCUT2D eigenvalue weighted by molar-refractivity contribution is 0.100. The molecular weight excluding hydrogens is 330 g/mol. The van der Waals surface area contributed by atoms with Crippen LogP contribution in [0.5, 0.6) is 0 Å². The van der Waals surface area contributed by atoms with E-state index in [4.69, 9.17) is 16.2 Å². The normalized spacial score (nSPS) is 14.4. The molecule has 1 saturated heterocycles. The predicted molar refractivity (Wildman–Crippen MR) is 92.3 cm³/mol. The van der Waals surface area contributed by atoms with Gasteiger partial charge in [0, 0.05) is 29.7 Å². The van der Waals surface area contributed by atoms with Crippen LogP contribution >= 0.6 is 11.3 Å². The number of thiophene rings is 1. The summed E-state index contributed by atoms with van der Waals surface area (Å²) in [6.07, 6.45) is 1.73. The summed E-state index contributed by atoms with van der Waals surface area (Å²) in [5, 5.41) is 2.76. The Morgan fingerprint density at radius 3 is 2.58 bits per heavy atom. The van der Waals surface area contributed by atoms with E-state index in [1.165, 1.54) is 11.3 Å². The third-order valence-corrected chi connectivity index (χ3v) is 4.70. The minimum atomic E-state index is -0.744. The van der Waals surface area contributed by atoms with Gasteiger partial charge >= 0.3 is 6.03 Å². The smallest absolute Gasteiger partial charge is 0.317 e. The molecule has 0 bridgehead atoms. The van der Waals surface area contributed by atoms with Crippen molar-refractivity contribution in [2.45, 2.75) is 0 Å². The van der Waals surface area contributed by atoms with Crippen molar-refractivity contribution in [3.63, 3.8) is 0 Å². The van der Waals surface area contributed by atoms with E-state index in [0.717, 1.165) is 29.3 Å². The molecule has 126 valence electrons. The van der Waals surface area contributed by atoms with Crippen LogP contribution in [0.1, 0.15) is 10.4 Å². The molecule has 9 heteroatoms. The molecule has 0 radical (unpaired) electrons. The number of aromatic nitrogens is 1. The van der Waals surface area contributed by atoms with Crippen LogP contribution in [0, 0.1) is 0 Å². The highest BCUT2D eigenvalue weighted by molar-refractivity contribution is 7.20. The second-order valence-corrected chi connectivity index (χ2v) is 6.26. The number of anilines is 2. The number of hydrogen-bond acceptors (Lipinski definition) is 6. The second-order valence-electron chi connectivity index (χ2n) is 5.21. The summed E-state index contributed by atoms with van der Waals surface area (Å²) < 4.78 is 5.33. The summed E-state index contributed by atoms with van der Waals surface area (Å²) in [5.74, 6) is 0.253. The summed E-state index contributed by atoms with van der Waals surface area (Å²) >= 11 is 1.22. The van der Waals surface area contributed by atoms with E-state index in [2.05, 4.69) is 15.2 Å². The van der Waals surface area contributed by atoms with Crippen LogP contribution in [0.2, 0.25) is 0 Å². The number of nitrogens with two attached hydrogens (primary N) is 2. The van der Waals surface area contributed by atoms with E-state index < -0.39 is 11.9 Å². The molecule has 0 atom stereocenters. The largest absolute Gasteiger partial charge is 0.378 e. The van der Waals surface area contributed by atoms with Crippen molar-refractivity contribution in [1.82, 2.24) is 4.98 Å². The Labute approximate surface area is 142 Å². The molecule has 2 aromatic rings. The van der Waals surface area contributed by atoms with E-state index in [-0.39, 0.29) is 5.56 Å². The third kappa shape index (κ3) is 3.47. The highest BCUT2D eigenvalue weighted by Crippen LogP contribution is 2.35. The minimum absolute atomic E-state index is 0.228. The van der Waals surface area contributed by atoms with Gasteiger partial charge in [0.2, 0.25) is 0 Å². The van der Waals surface area contributed by atoms with Gasteiger partial charge in [0.1, 0.15) is 10.8 Å². The molecule has 3 rings (SSSR count). The number of primary amides is 2. The van der Waals surface area contributed by atoms with Gasteiger partial charge in [-0.25, -0.2) is 9.78 Å². The SMILES string of the molecule is NC(=O)Nc1sc(-c2ccc(N3CCOCC3)nc2)cc1C(N)=O. The lowest BCUT2D eigenvalue weighted by atomic mass is 10.2. The molecule has 2 aromatic heterocycles. The molecule has 1 aliphatic rings. The highest BCUT2D eigenvalue weighted by Gasteiger charge is 2.17. The Bertz CT molecular complexity index is 753.